The first-order chi connectivity index (χ1) is 51.0. The Kier molecular flexibility index (Phi) is 13.1. The van der Waals surface area contributed by atoms with Crippen LogP contribution in [-0.4, -0.2) is 0 Å². The van der Waals surface area contributed by atoms with Crippen molar-refractivity contribution in [3.8, 4) is 77.9 Å². The third-order valence-electron chi connectivity index (χ3n) is 28.7. The summed E-state index contributed by atoms with van der Waals surface area (Å²) in [5, 5.41) is 13.0. The molecule has 1 heterocycles. The predicted octanol–water partition coefficient (Wildman–Crippen LogP) is 27.7. The number of furan rings is 1. The van der Waals surface area contributed by atoms with E-state index in [0.717, 1.165) is 86.3 Å². The molecule has 0 radical (unpaired) electrons. The molecule has 26 rings (SSSR count). The Morgan fingerprint density at radius 2 is 0.573 bits per heavy atom. The molecule has 2 spiro atoms. The second-order valence-corrected chi connectivity index (χ2v) is 33.5. The van der Waals surface area contributed by atoms with Crippen molar-refractivity contribution in [2.45, 2.75) is 113 Å². The molecule has 0 amide bonds. The summed E-state index contributed by atoms with van der Waals surface area (Å²) in [4.78, 5) is 0. The van der Waals surface area contributed by atoms with Crippen molar-refractivity contribution < 1.29 is 4.42 Å². The van der Waals surface area contributed by atoms with Crippen LogP contribution in [0.1, 0.15) is 130 Å². The van der Waals surface area contributed by atoms with Gasteiger partial charge in [0.2, 0.25) is 0 Å². The summed E-state index contributed by atoms with van der Waals surface area (Å²) in [6.45, 7) is 0. The van der Waals surface area contributed by atoms with Gasteiger partial charge in [-0.3, -0.25) is 0 Å². The van der Waals surface area contributed by atoms with Crippen LogP contribution in [0.5, 0.6) is 0 Å². The van der Waals surface area contributed by atoms with Crippen molar-refractivity contribution >= 4 is 65.0 Å². The molecule has 103 heavy (non-hydrogen) atoms. The van der Waals surface area contributed by atoms with Gasteiger partial charge in [0.05, 0.1) is 0 Å². The van der Waals surface area contributed by atoms with Crippen molar-refractivity contribution in [1.82, 2.24) is 0 Å². The lowest BCUT2D eigenvalue weighted by atomic mass is 9.43. The van der Waals surface area contributed by atoms with E-state index in [9.17, 15) is 0 Å². The van der Waals surface area contributed by atoms with Crippen molar-refractivity contribution in [1.29, 1.82) is 0 Å². The molecule has 14 aromatic carbocycles. The molecule has 9 saturated carbocycles. The van der Waals surface area contributed by atoms with Gasteiger partial charge in [0.15, 0.2) is 0 Å². The first-order valence-corrected chi connectivity index (χ1v) is 39.5. The predicted molar refractivity (Wildman–Crippen MR) is 430 cm³/mol. The minimum atomic E-state index is 0.148. The fourth-order valence-electron chi connectivity index (χ4n) is 25.3. The van der Waals surface area contributed by atoms with E-state index in [0.29, 0.717) is 0 Å². The van der Waals surface area contributed by atoms with Gasteiger partial charge in [-0.05, 0) is 292 Å². The number of hydrogen-bond acceptors (Lipinski definition) is 1. The average molecular weight is 1330 g/mol. The molecule has 9 fully saturated rings. The van der Waals surface area contributed by atoms with Crippen molar-refractivity contribution in [2.75, 3.05) is 0 Å². The van der Waals surface area contributed by atoms with Crippen LogP contribution in [0.2, 0.25) is 0 Å². The van der Waals surface area contributed by atoms with Crippen LogP contribution in [0, 0.1) is 47.3 Å². The maximum absolute atomic E-state index is 6.43. The molecule has 15 aromatic rings. The van der Waals surface area contributed by atoms with Gasteiger partial charge in [0, 0.05) is 27.2 Å². The molecule has 0 N–H and O–H groups in total. The summed E-state index contributed by atoms with van der Waals surface area (Å²) in [5.41, 5.74) is 29.3. The molecule has 1 nitrogen and oxygen atoms in total. The lowest BCUT2D eigenvalue weighted by Crippen LogP contribution is -2.55. The second kappa shape index (κ2) is 22.7. The average Bonchev–Trinajstić information content (AvgIpc) is 1.55. The molecule has 8 bridgehead atoms. The van der Waals surface area contributed by atoms with Crippen LogP contribution in [0.3, 0.4) is 0 Å². The third kappa shape index (κ3) is 8.55. The maximum Gasteiger partial charge on any atom is 0.143 e. The lowest BCUT2D eigenvalue weighted by molar-refractivity contribution is -0.0399. The van der Waals surface area contributed by atoms with Crippen molar-refractivity contribution in [2.24, 2.45) is 47.3 Å². The Hall–Kier alpha value is -10.1. The smallest absolute Gasteiger partial charge is 0.143 e. The van der Waals surface area contributed by atoms with E-state index in [4.69, 9.17) is 4.42 Å². The molecule has 498 valence electrons. The van der Waals surface area contributed by atoms with E-state index in [-0.39, 0.29) is 10.8 Å². The molecule has 1 aromatic heterocycles. The van der Waals surface area contributed by atoms with Crippen molar-refractivity contribution in [3.05, 3.63) is 301 Å². The minimum absolute atomic E-state index is 0.148. The second-order valence-electron chi connectivity index (χ2n) is 33.5. The van der Waals surface area contributed by atoms with Crippen LogP contribution >= 0.6 is 0 Å². The van der Waals surface area contributed by atoms with Gasteiger partial charge in [-0.15, -0.1) is 0 Å². The van der Waals surface area contributed by atoms with Gasteiger partial charge in [-0.25, -0.2) is 0 Å². The maximum atomic E-state index is 6.43. The molecule has 1 heteroatoms. The molecule has 11 aliphatic carbocycles. The number of rotatable bonds is 6. The fourth-order valence-corrected chi connectivity index (χ4v) is 25.3. The minimum Gasteiger partial charge on any atom is -0.455 e. The van der Waals surface area contributed by atoms with Crippen LogP contribution in [0.4, 0.5) is 0 Å². The summed E-state index contributed by atoms with van der Waals surface area (Å²) >= 11 is 0. The zero-order valence-electron chi connectivity index (χ0n) is 58.7. The monoisotopic (exact) mass is 1320 g/mol. The Morgan fingerprint density at radius 3 is 1.01 bits per heavy atom. The number of hydrogen-bond donors (Lipinski definition) is 0. The molecular weight excluding hydrogens is 1240 g/mol. The van der Waals surface area contributed by atoms with Gasteiger partial charge in [0.25, 0.3) is 0 Å². The van der Waals surface area contributed by atoms with Gasteiger partial charge >= 0.3 is 0 Å². The Balaban J connectivity index is 0.000000128. The Bertz CT molecular complexity index is 5840. The Morgan fingerprint density at radius 1 is 0.243 bits per heavy atom. The van der Waals surface area contributed by atoms with Crippen LogP contribution < -0.4 is 0 Å². The number of para-hydroxylation sites is 2. The zero-order valence-corrected chi connectivity index (χ0v) is 58.7. The fraction of sp³-hybridized carbons (Fsp3) is 0.255. The number of fused-ring (bicyclic) bond motifs is 13. The van der Waals surface area contributed by atoms with E-state index in [1.165, 1.54) is 212 Å². The van der Waals surface area contributed by atoms with Gasteiger partial charge in [0.1, 0.15) is 11.2 Å². The quantitative estimate of drug-likeness (QED) is 0.151. The first-order valence-electron chi connectivity index (χ1n) is 39.5. The highest BCUT2D eigenvalue weighted by molar-refractivity contribution is 6.23. The van der Waals surface area contributed by atoms with Gasteiger partial charge in [-0.1, -0.05) is 274 Å². The summed E-state index contributed by atoms with van der Waals surface area (Å²) < 4.78 is 6.43. The highest BCUT2D eigenvalue weighted by Crippen LogP contribution is 2.72. The normalized spacial score (nSPS) is 25.1. The summed E-state index contributed by atoms with van der Waals surface area (Å²) in [5.74, 6) is 7.55. The first kappa shape index (κ1) is 59.4. The van der Waals surface area contributed by atoms with E-state index in [2.05, 4.69) is 267 Å². The third-order valence-corrected chi connectivity index (χ3v) is 28.7. The van der Waals surface area contributed by atoms with E-state index in [1.807, 2.05) is 6.07 Å². The van der Waals surface area contributed by atoms with Crippen LogP contribution in [-0.2, 0) is 10.8 Å². The molecule has 0 saturated heterocycles. The van der Waals surface area contributed by atoms with Gasteiger partial charge < -0.3 is 4.42 Å². The molecule has 0 atom stereocenters. The number of benzene rings is 14. The summed E-state index contributed by atoms with van der Waals surface area (Å²) in [6, 6.07) is 105. The van der Waals surface area contributed by atoms with Gasteiger partial charge in [-0.2, -0.15) is 0 Å². The molecule has 0 unspecified atom stereocenters. The highest BCUT2D eigenvalue weighted by Gasteiger charge is 2.63. The SMILES string of the molecule is c1ccc2c(c1)-c1ccc(-c3c4ccccc4c(-c4ccc(-c5cccc6c5oc5ccccc56)cc4)c4ccccc34)cc1C21C2CC3CC(C2)CC1C3.c1ccc2c(c1)-c1ccc(-c3c4ccccc4c(-c4ccc(C5CCCCC5)cc4)c4ccccc34)cc1C21C2CC3CC(C2)CC1C3. The van der Waals surface area contributed by atoms with E-state index < -0.39 is 0 Å². The zero-order chi connectivity index (χ0) is 67.2. The topological polar surface area (TPSA) is 13.1 Å². The standard InChI is InChI=1S/C54H40O.C48H44/c1-3-14-45-43(12-1)51(35-22-20-34(21-23-35)39-16-9-17-47-42-11-6-8-19-50(42)55-53(39)47)44-13-2-4-15-46(44)52(45)36-24-25-41-40-10-5-7-18-48(40)54(49(41)31-36)37-27-32-26-33(29-37)30-38(54)28-32;1-2-10-32(11-3-1)33-18-20-34(21-19-33)46-40-13-4-6-15-42(40)47(43-16-7-5-14-41(43)46)35-22-23-39-38-12-8-9-17-44(38)48(45(39)29-35)36-25-30-24-31(27-36)28-37(48)26-30/h1-25,31-33,37-38H,26-30H2;4-9,12-23,29-32,36-37H,1-3,10-11,24-28H2. The Labute approximate surface area is 604 Å². The lowest BCUT2D eigenvalue weighted by Gasteiger charge is -2.61. The largest absolute Gasteiger partial charge is 0.455 e. The van der Waals surface area contributed by atoms with Crippen LogP contribution in [0.25, 0.3) is 143 Å². The van der Waals surface area contributed by atoms with Crippen LogP contribution in [0.15, 0.2) is 277 Å². The highest BCUT2D eigenvalue weighted by atomic mass is 16.3. The molecular formula is C102H84O. The summed E-state index contributed by atoms with van der Waals surface area (Å²) in [6.07, 6.45) is 21.1. The summed E-state index contributed by atoms with van der Waals surface area (Å²) in [7, 11) is 0. The molecule has 11 aliphatic rings. The van der Waals surface area contributed by atoms with E-state index in [1.54, 1.807) is 22.3 Å². The van der Waals surface area contributed by atoms with Crippen molar-refractivity contribution in [3.63, 3.8) is 0 Å². The molecule has 0 aliphatic heterocycles. The van der Waals surface area contributed by atoms with E-state index >= 15 is 0 Å².